The molecule has 2 unspecified atom stereocenters. The highest BCUT2D eigenvalue weighted by molar-refractivity contribution is 5.81. The molecule has 0 aromatic carbocycles. The van der Waals surface area contributed by atoms with Crippen LogP contribution >= 0.6 is 0 Å². The molecule has 11 nitrogen and oxygen atoms in total. The molecule has 0 aliphatic carbocycles. The molecule has 262 valence electrons. The molecule has 0 saturated heterocycles. The monoisotopic (exact) mass is 659 g/mol. The summed E-state index contributed by atoms with van der Waals surface area (Å²) in [5.74, 6) is 1.53. The lowest BCUT2D eigenvalue weighted by Crippen LogP contribution is -2.28. The number of ether oxygens (including phenoxy) is 1. The fourth-order valence-corrected chi connectivity index (χ4v) is 5.65. The van der Waals surface area contributed by atoms with Gasteiger partial charge in [0.05, 0.1) is 17.9 Å². The third kappa shape index (κ3) is 10.4. The molecule has 0 amide bonds. The molecule has 0 bridgehead atoms. The number of pyridine rings is 1. The zero-order valence-corrected chi connectivity index (χ0v) is 31.3. The minimum Gasteiger partial charge on any atom is -0.462 e. The number of esters is 1. The summed E-state index contributed by atoms with van der Waals surface area (Å²) in [6.45, 7) is 30.7. The van der Waals surface area contributed by atoms with Gasteiger partial charge in [0.2, 0.25) is 0 Å². The molecular weight excluding hydrogens is 602 g/mol. The average molecular weight is 660 g/mol. The van der Waals surface area contributed by atoms with Crippen molar-refractivity contribution >= 4 is 29.1 Å². The number of hydrogen-bond donors (Lipinski definition) is 2. The molecule has 2 aromatic heterocycles. The van der Waals surface area contributed by atoms with Gasteiger partial charge in [-0.25, -0.2) is 14.5 Å². The summed E-state index contributed by atoms with van der Waals surface area (Å²) >= 11 is 0. The Kier molecular flexibility index (Phi) is 13.9. The Hall–Kier alpha value is -4.25. The molecule has 48 heavy (non-hydrogen) atoms. The Morgan fingerprint density at radius 3 is 1.94 bits per heavy atom. The zero-order valence-electron chi connectivity index (χ0n) is 31.3. The van der Waals surface area contributed by atoms with Crippen LogP contribution in [0.4, 0.5) is 23.1 Å². The van der Waals surface area contributed by atoms with Gasteiger partial charge in [-0.15, -0.1) is 10.2 Å². The van der Waals surface area contributed by atoms with Gasteiger partial charge in [0.15, 0.2) is 11.6 Å². The van der Waals surface area contributed by atoms with Crippen LogP contribution in [0.5, 0.6) is 0 Å². The number of carbonyl (C=O) groups excluding carboxylic acids is 1. The third-order valence-corrected chi connectivity index (χ3v) is 8.91. The number of carbonyl (C=O) groups is 1. The Morgan fingerprint density at radius 2 is 1.48 bits per heavy atom. The first-order valence-electron chi connectivity index (χ1n) is 17.0. The van der Waals surface area contributed by atoms with Crippen LogP contribution < -0.4 is 10.6 Å². The van der Waals surface area contributed by atoms with E-state index in [0.717, 1.165) is 18.9 Å². The second-order valence-electron chi connectivity index (χ2n) is 15.5. The maximum atomic E-state index is 11.5. The standard InChI is InChI=1S/C37H57N9O2/c1-14-25(35(5,6)7)22-40-32-27(20-38)24(4)30(33(42-32)41-23-26(15-2)36(8,9)10)43-44-34-28(21-39)31(37(11,12)13)45-46(34)18-17-19-48-29(47)16-3/h16,25-26H,3,14-15,17-19,22-23H2,1-2,4-13H3,(H2,40,41,42). The predicted octanol–water partition coefficient (Wildman–Crippen LogP) is 9.13. The first-order valence-corrected chi connectivity index (χ1v) is 17.0. The van der Waals surface area contributed by atoms with Crippen LogP contribution in [0.1, 0.15) is 118 Å². The summed E-state index contributed by atoms with van der Waals surface area (Å²) in [5.41, 5.74) is 2.07. The molecule has 2 aromatic rings. The first kappa shape index (κ1) is 39.9. The lowest BCUT2D eigenvalue weighted by molar-refractivity contribution is -0.137. The van der Waals surface area contributed by atoms with Crippen LogP contribution in [0.2, 0.25) is 0 Å². The number of aromatic nitrogens is 3. The van der Waals surface area contributed by atoms with E-state index in [0.29, 0.717) is 83.4 Å². The molecule has 0 aliphatic rings. The number of rotatable bonds is 15. The van der Waals surface area contributed by atoms with Gasteiger partial charge in [0, 0.05) is 43.1 Å². The van der Waals surface area contributed by atoms with Gasteiger partial charge in [-0.1, -0.05) is 95.6 Å². The maximum Gasteiger partial charge on any atom is 0.330 e. The number of nitriles is 2. The molecule has 2 heterocycles. The number of hydrogen-bond acceptors (Lipinski definition) is 10. The van der Waals surface area contributed by atoms with E-state index in [2.05, 4.69) is 95.0 Å². The summed E-state index contributed by atoms with van der Waals surface area (Å²) in [5, 5.41) is 41.6. The van der Waals surface area contributed by atoms with Gasteiger partial charge in [0.1, 0.15) is 29.2 Å². The van der Waals surface area contributed by atoms with E-state index in [4.69, 9.17) is 14.8 Å². The summed E-state index contributed by atoms with van der Waals surface area (Å²) < 4.78 is 6.78. The van der Waals surface area contributed by atoms with E-state index in [1.165, 1.54) is 0 Å². The van der Waals surface area contributed by atoms with Crippen molar-refractivity contribution in [3.8, 4) is 12.1 Å². The molecular formula is C37H57N9O2. The number of nitrogens with one attached hydrogen (secondary N) is 2. The Bertz CT molecular complexity index is 1540. The van der Waals surface area contributed by atoms with E-state index in [1.54, 1.807) is 4.68 Å². The van der Waals surface area contributed by atoms with Crippen LogP contribution in [0, 0.1) is 52.3 Å². The first-order chi connectivity index (χ1) is 22.3. The van der Waals surface area contributed by atoms with Crippen molar-refractivity contribution in [1.82, 2.24) is 14.8 Å². The van der Waals surface area contributed by atoms with Gasteiger partial charge in [-0.3, -0.25) is 0 Å². The van der Waals surface area contributed by atoms with Crippen molar-refractivity contribution in [1.29, 1.82) is 10.5 Å². The summed E-state index contributed by atoms with van der Waals surface area (Å²) in [6.07, 6.45) is 3.53. The number of anilines is 2. The topological polar surface area (TPSA) is 153 Å². The fraction of sp³-hybridized carbons (Fsp3) is 0.649. The SMILES string of the molecule is C=CC(=O)OCCCn1nc(C(C)(C)C)c(C#N)c1N=Nc1c(NCC(CC)C(C)(C)C)nc(NCC(CC)C(C)(C)C)c(C#N)c1C. The van der Waals surface area contributed by atoms with Gasteiger partial charge >= 0.3 is 5.97 Å². The second kappa shape index (κ2) is 16.7. The Balaban J connectivity index is 2.72. The van der Waals surface area contributed by atoms with Crippen molar-refractivity contribution in [2.45, 2.75) is 114 Å². The quantitative estimate of drug-likeness (QED) is 0.0830. The molecule has 0 saturated carbocycles. The largest absolute Gasteiger partial charge is 0.462 e. The predicted molar refractivity (Wildman–Crippen MR) is 193 cm³/mol. The van der Waals surface area contributed by atoms with Gasteiger partial charge in [0.25, 0.3) is 0 Å². The molecule has 2 N–H and O–H groups in total. The van der Waals surface area contributed by atoms with Crippen LogP contribution in [0.25, 0.3) is 0 Å². The normalized spacial score (nSPS) is 13.5. The lowest BCUT2D eigenvalue weighted by atomic mass is 9.79. The molecule has 0 spiro atoms. The van der Waals surface area contributed by atoms with Crippen LogP contribution in [-0.4, -0.2) is 40.4 Å². The van der Waals surface area contributed by atoms with E-state index in [1.807, 2.05) is 27.7 Å². The summed E-state index contributed by atoms with van der Waals surface area (Å²) in [6, 6.07) is 4.63. The van der Waals surface area contributed by atoms with E-state index >= 15 is 0 Å². The van der Waals surface area contributed by atoms with Crippen LogP contribution in [0.3, 0.4) is 0 Å². The van der Waals surface area contributed by atoms with E-state index in [-0.39, 0.29) is 17.4 Å². The van der Waals surface area contributed by atoms with Crippen molar-refractivity contribution in [2.75, 3.05) is 30.3 Å². The van der Waals surface area contributed by atoms with E-state index < -0.39 is 11.4 Å². The summed E-state index contributed by atoms with van der Waals surface area (Å²) in [4.78, 5) is 16.5. The average Bonchev–Trinajstić information content (AvgIpc) is 3.36. The number of azo groups is 1. The number of aryl methyl sites for hydroxylation is 1. The Labute approximate surface area is 288 Å². The molecule has 0 aliphatic heterocycles. The van der Waals surface area contributed by atoms with Gasteiger partial charge < -0.3 is 15.4 Å². The highest BCUT2D eigenvalue weighted by Gasteiger charge is 2.29. The van der Waals surface area contributed by atoms with Gasteiger partial charge in [-0.05, 0) is 29.6 Å². The maximum absolute atomic E-state index is 11.5. The second-order valence-corrected chi connectivity index (χ2v) is 15.5. The Morgan fingerprint density at radius 1 is 0.938 bits per heavy atom. The van der Waals surface area contributed by atoms with Crippen LogP contribution in [-0.2, 0) is 21.5 Å². The molecule has 2 atom stereocenters. The molecule has 2 rings (SSSR count). The fourth-order valence-electron chi connectivity index (χ4n) is 5.65. The third-order valence-electron chi connectivity index (χ3n) is 8.91. The van der Waals surface area contributed by atoms with Crippen molar-refractivity contribution < 1.29 is 9.53 Å². The zero-order chi connectivity index (χ0) is 36.4. The van der Waals surface area contributed by atoms with Gasteiger partial charge in [-0.2, -0.15) is 15.6 Å². The van der Waals surface area contributed by atoms with Crippen molar-refractivity contribution in [3.63, 3.8) is 0 Å². The molecule has 0 fully saturated rings. The van der Waals surface area contributed by atoms with Crippen LogP contribution in [0.15, 0.2) is 22.9 Å². The van der Waals surface area contributed by atoms with E-state index in [9.17, 15) is 15.3 Å². The van der Waals surface area contributed by atoms with Crippen molar-refractivity contribution in [3.05, 3.63) is 35.0 Å². The highest BCUT2D eigenvalue weighted by atomic mass is 16.5. The van der Waals surface area contributed by atoms with Crippen molar-refractivity contribution in [2.24, 2.45) is 32.9 Å². The molecule has 11 heteroatoms. The minimum absolute atomic E-state index is 0.0603. The number of nitrogens with zero attached hydrogens (tertiary/aromatic N) is 7. The highest BCUT2D eigenvalue weighted by Crippen LogP contribution is 2.38. The summed E-state index contributed by atoms with van der Waals surface area (Å²) in [7, 11) is 0. The minimum atomic E-state index is -0.502. The smallest absolute Gasteiger partial charge is 0.330 e. The lowest BCUT2D eigenvalue weighted by Gasteiger charge is -2.31. The molecule has 0 radical (unpaired) electrons.